The Bertz CT molecular complexity index is 1450. The van der Waals surface area contributed by atoms with E-state index < -0.39 is 0 Å². The second kappa shape index (κ2) is 9.76. The second-order valence-electron chi connectivity index (χ2n) is 10.2. The van der Waals surface area contributed by atoms with Crippen LogP contribution in [0.3, 0.4) is 0 Å². The number of likely N-dealkylation sites (tertiary alicyclic amines) is 1. The standard InChI is InChI=1S/C30H31N3O5/c1-31-29(35)22-5-3-4-19-14-20(6-7-21(19)22)38-25-8-11-32-24-16-27(26(36-2)15-23(24)25)37-13-12-33-17-28(34)30(18-33)9-10-30/h3-7,11,14-16,25H,8-10,12-13,17-18H2,1-2H3,(H,31,35). The Morgan fingerprint density at radius 2 is 2.03 bits per heavy atom. The summed E-state index contributed by atoms with van der Waals surface area (Å²) >= 11 is 0. The highest BCUT2D eigenvalue weighted by Gasteiger charge is 2.54. The van der Waals surface area contributed by atoms with Crippen molar-refractivity contribution in [3.8, 4) is 17.2 Å². The number of nitrogens with one attached hydrogen (secondary N) is 1. The van der Waals surface area contributed by atoms with Crippen LogP contribution < -0.4 is 19.5 Å². The number of hydrogen-bond acceptors (Lipinski definition) is 7. The number of methoxy groups -OCH3 is 1. The van der Waals surface area contributed by atoms with Gasteiger partial charge in [0.05, 0.1) is 19.3 Å². The summed E-state index contributed by atoms with van der Waals surface area (Å²) in [5.74, 6) is 2.23. The number of carbonyl (C=O) groups excluding carboxylic acids is 2. The molecular weight excluding hydrogens is 482 g/mol. The van der Waals surface area contributed by atoms with Crippen molar-refractivity contribution in [2.75, 3.05) is 40.4 Å². The fraction of sp³-hybridized carbons (Fsp3) is 0.367. The number of carbonyl (C=O) groups is 2. The van der Waals surface area contributed by atoms with Crippen molar-refractivity contribution in [1.29, 1.82) is 0 Å². The lowest BCUT2D eigenvalue weighted by Crippen LogP contribution is -2.26. The van der Waals surface area contributed by atoms with Crippen LogP contribution in [0.25, 0.3) is 10.8 Å². The van der Waals surface area contributed by atoms with Crippen molar-refractivity contribution in [2.24, 2.45) is 10.4 Å². The minimum Gasteiger partial charge on any atom is -0.493 e. The van der Waals surface area contributed by atoms with Gasteiger partial charge in [-0.15, -0.1) is 0 Å². The molecule has 1 aliphatic carbocycles. The molecule has 2 heterocycles. The summed E-state index contributed by atoms with van der Waals surface area (Å²) in [6, 6.07) is 15.3. The van der Waals surface area contributed by atoms with E-state index in [0.29, 0.717) is 54.7 Å². The molecule has 0 aromatic heterocycles. The van der Waals surface area contributed by atoms with Gasteiger partial charge >= 0.3 is 0 Å². The molecule has 0 bridgehead atoms. The fourth-order valence-corrected chi connectivity index (χ4v) is 5.50. The molecule has 196 valence electrons. The Hall–Kier alpha value is -3.91. The maximum absolute atomic E-state index is 12.2. The fourth-order valence-electron chi connectivity index (χ4n) is 5.50. The third kappa shape index (κ3) is 4.49. The summed E-state index contributed by atoms with van der Waals surface area (Å²) in [5, 5.41) is 4.50. The van der Waals surface area contributed by atoms with Gasteiger partial charge in [0.15, 0.2) is 17.3 Å². The quantitative estimate of drug-likeness (QED) is 0.478. The predicted molar refractivity (Wildman–Crippen MR) is 145 cm³/mol. The highest BCUT2D eigenvalue weighted by Crippen LogP contribution is 2.50. The molecule has 3 aliphatic rings. The number of amides is 1. The van der Waals surface area contributed by atoms with Gasteiger partial charge in [-0.25, -0.2) is 0 Å². The number of ether oxygens (including phenoxy) is 3. The third-order valence-corrected chi connectivity index (χ3v) is 7.82. The van der Waals surface area contributed by atoms with Gasteiger partial charge in [-0.3, -0.25) is 19.5 Å². The van der Waals surface area contributed by atoms with E-state index in [1.54, 1.807) is 14.2 Å². The maximum Gasteiger partial charge on any atom is 0.251 e. The first-order valence-electron chi connectivity index (χ1n) is 13.0. The van der Waals surface area contributed by atoms with Crippen molar-refractivity contribution in [1.82, 2.24) is 10.2 Å². The van der Waals surface area contributed by atoms with E-state index in [4.69, 9.17) is 14.2 Å². The van der Waals surface area contributed by atoms with Crippen LogP contribution in [0.5, 0.6) is 17.2 Å². The number of aliphatic imine (C=N–C) groups is 1. The van der Waals surface area contributed by atoms with Crippen LogP contribution in [0.15, 0.2) is 53.5 Å². The molecule has 1 saturated heterocycles. The van der Waals surface area contributed by atoms with Gasteiger partial charge in [-0.1, -0.05) is 12.1 Å². The van der Waals surface area contributed by atoms with Gasteiger partial charge in [-0.05, 0) is 53.9 Å². The molecule has 0 radical (unpaired) electrons. The molecule has 2 aliphatic heterocycles. The van der Waals surface area contributed by atoms with Crippen LogP contribution >= 0.6 is 0 Å². The highest BCUT2D eigenvalue weighted by atomic mass is 16.5. The molecule has 1 spiro atoms. The Kier molecular flexibility index (Phi) is 6.27. The van der Waals surface area contributed by atoms with E-state index in [0.717, 1.165) is 41.4 Å². The Morgan fingerprint density at radius 1 is 1.16 bits per heavy atom. The molecule has 8 nitrogen and oxygen atoms in total. The molecule has 3 aromatic rings. The maximum atomic E-state index is 12.2. The van der Waals surface area contributed by atoms with E-state index in [9.17, 15) is 9.59 Å². The van der Waals surface area contributed by atoms with Crippen LogP contribution in [0.2, 0.25) is 0 Å². The Labute approximate surface area is 221 Å². The van der Waals surface area contributed by atoms with Crippen molar-refractivity contribution in [2.45, 2.75) is 25.4 Å². The van der Waals surface area contributed by atoms with E-state index in [1.807, 2.05) is 54.7 Å². The molecule has 6 rings (SSSR count). The van der Waals surface area contributed by atoms with Crippen LogP contribution in [0, 0.1) is 5.41 Å². The molecule has 1 amide bonds. The number of rotatable bonds is 8. The lowest BCUT2D eigenvalue weighted by atomic mass is 10.0. The summed E-state index contributed by atoms with van der Waals surface area (Å²) < 4.78 is 18.2. The Balaban J connectivity index is 1.17. The summed E-state index contributed by atoms with van der Waals surface area (Å²) in [7, 11) is 3.25. The van der Waals surface area contributed by atoms with Gasteiger partial charge in [0, 0.05) is 55.4 Å². The Morgan fingerprint density at radius 3 is 2.79 bits per heavy atom. The topological polar surface area (TPSA) is 89.5 Å². The largest absolute Gasteiger partial charge is 0.493 e. The first-order chi connectivity index (χ1) is 18.5. The van der Waals surface area contributed by atoms with Crippen molar-refractivity contribution in [3.63, 3.8) is 0 Å². The zero-order valence-corrected chi connectivity index (χ0v) is 21.7. The molecule has 3 aromatic carbocycles. The minimum absolute atomic E-state index is 0.0509. The third-order valence-electron chi connectivity index (χ3n) is 7.82. The monoisotopic (exact) mass is 513 g/mol. The lowest BCUT2D eigenvalue weighted by molar-refractivity contribution is -0.120. The predicted octanol–water partition coefficient (Wildman–Crippen LogP) is 4.48. The number of fused-ring (bicyclic) bond motifs is 2. The molecule has 1 atom stereocenters. The summed E-state index contributed by atoms with van der Waals surface area (Å²) in [6.07, 6.45) is 4.30. The van der Waals surface area contributed by atoms with Crippen LogP contribution in [0.4, 0.5) is 5.69 Å². The smallest absolute Gasteiger partial charge is 0.251 e. The van der Waals surface area contributed by atoms with Crippen LogP contribution in [-0.2, 0) is 4.79 Å². The number of hydrogen-bond donors (Lipinski definition) is 1. The van der Waals surface area contributed by atoms with E-state index in [1.165, 1.54) is 0 Å². The first-order valence-corrected chi connectivity index (χ1v) is 13.0. The molecule has 1 N–H and O–H groups in total. The number of ketones is 1. The van der Waals surface area contributed by atoms with E-state index in [2.05, 4.69) is 15.2 Å². The molecule has 1 saturated carbocycles. The average Bonchev–Trinajstić information content (AvgIpc) is 3.65. The number of Topliss-reactive ketones (excluding diaryl/α,β-unsaturated/α-hetero) is 1. The molecule has 8 heteroatoms. The first kappa shape index (κ1) is 24.4. The highest BCUT2D eigenvalue weighted by molar-refractivity contribution is 6.07. The van der Waals surface area contributed by atoms with Crippen molar-refractivity contribution >= 4 is 34.4 Å². The number of nitrogens with zero attached hydrogens (tertiary/aromatic N) is 2. The average molecular weight is 514 g/mol. The SMILES string of the molecule is CNC(=O)c1cccc2cc(OC3CC=Nc4cc(OCCN5CC(=O)C6(CC6)C5)c(OC)cc43)ccc12. The molecular formula is C30H31N3O5. The van der Waals surface area contributed by atoms with Gasteiger partial charge in [0.2, 0.25) is 0 Å². The van der Waals surface area contributed by atoms with Gasteiger partial charge in [0.25, 0.3) is 5.91 Å². The van der Waals surface area contributed by atoms with Gasteiger partial charge in [0.1, 0.15) is 18.5 Å². The summed E-state index contributed by atoms with van der Waals surface area (Å²) in [6.45, 7) is 2.54. The normalized spacial score (nSPS) is 19.4. The van der Waals surface area contributed by atoms with Gasteiger partial charge < -0.3 is 19.5 Å². The zero-order valence-electron chi connectivity index (χ0n) is 21.7. The second-order valence-corrected chi connectivity index (χ2v) is 10.2. The summed E-state index contributed by atoms with van der Waals surface area (Å²) in [5.41, 5.74) is 2.29. The van der Waals surface area contributed by atoms with Crippen LogP contribution in [-0.4, -0.2) is 63.2 Å². The van der Waals surface area contributed by atoms with Gasteiger partial charge in [-0.2, -0.15) is 0 Å². The van der Waals surface area contributed by atoms with Crippen molar-refractivity contribution < 1.29 is 23.8 Å². The van der Waals surface area contributed by atoms with E-state index >= 15 is 0 Å². The summed E-state index contributed by atoms with van der Waals surface area (Å²) in [4.78, 5) is 31.2. The van der Waals surface area contributed by atoms with Crippen molar-refractivity contribution in [3.05, 3.63) is 59.7 Å². The van der Waals surface area contributed by atoms with E-state index in [-0.39, 0.29) is 17.4 Å². The number of benzene rings is 3. The molecule has 2 fully saturated rings. The minimum atomic E-state index is -0.240. The molecule has 1 unspecified atom stereocenters. The lowest BCUT2D eigenvalue weighted by Gasteiger charge is -2.24. The zero-order chi connectivity index (χ0) is 26.3. The molecule has 38 heavy (non-hydrogen) atoms. The van der Waals surface area contributed by atoms with Crippen LogP contribution in [0.1, 0.15) is 41.3 Å².